The number of carbonyl (C=O) groups excluding carboxylic acids is 4. The molecule has 5 amide bonds. The Kier molecular flexibility index (Phi) is 12.8. The summed E-state index contributed by atoms with van der Waals surface area (Å²) in [6.45, 7) is 3.97. The van der Waals surface area contributed by atoms with Crippen LogP contribution in [0.1, 0.15) is 56.3 Å². The number of anilines is 4. The van der Waals surface area contributed by atoms with Crippen molar-refractivity contribution in [3.8, 4) is 5.75 Å². The van der Waals surface area contributed by atoms with E-state index in [9.17, 15) is 24.3 Å². The van der Waals surface area contributed by atoms with Gasteiger partial charge in [0.15, 0.2) is 5.75 Å². The molecule has 3 aromatic carbocycles. The Hall–Kier alpha value is -5.10. The van der Waals surface area contributed by atoms with E-state index in [1.165, 1.54) is 4.90 Å². The van der Waals surface area contributed by atoms with Gasteiger partial charge in [-0.1, -0.05) is 49.7 Å². The highest BCUT2D eigenvalue weighted by Gasteiger charge is 2.35. The topological polar surface area (TPSA) is 166 Å². The Morgan fingerprint density at radius 1 is 0.917 bits per heavy atom. The van der Waals surface area contributed by atoms with Crippen LogP contribution in [-0.2, 0) is 9.59 Å². The zero-order valence-corrected chi connectivity index (χ0v) is 27.8. The molecule has 0 aromatic heterocycles. The van der Waals surface area contributed by atoms with Gasteiger partial charge in [-0.25, -0.2) is 4.79 Å². The van der Waals surface area contributed by atoms with Gasteiger partial charge >= 0.3 is 6.03 Å². The second-order valence-electron chi connectivity index (χ2n) is 12.2. The Balaban J connectivity index is 1.42. The molecule has 12 nitrogen and oxygen atoms in total. The van der Waals surface area contributed by atoms with Crippen LogP contribution in [0.2, 0.25) is 0 Å². The van der Waals surface area contributed by atoms with Gasteiger partial charge in [0.2, 0.25) is 11.8 Å². The second-order valence-corrected chi connectivity index (χ2v) is 12.2. The highest BCUT2D eigenvalue weighted by Crippen LogP contribution is 2.35. The molecule has 6 N–H and O–H groups in total. The zero-order valence-electron chi connectivity index (χ0n) is 27.8. The number of amides is 5. The number of hydrogen-bond donors (Lipinski definition) is 5. The molecule has 0 unspecified atom stereocenters. The van der Waals surface area contributed by atoms with Crippen LogP contribution < -0.4 is 26.4 Å². The van der Waals surface area contributed by atoms with Crippen LogP contribution >= 0.6 is 0 Å². The molecule has 1 heterocycles. The fraction of sp³-hybridized carbons (Fsp3) is 0.389. The molecule has 3 atom stereocenters. The molecule has 1 aliphatic rings. The van der Waals surface area contributed by atoms with Crippen molar-refractivity contribution in [2.45, 2.75) is 58.1 Å². The Morgan fingerprint density at radius 3 is 2.21 bits per heavy atom. The van der Waals surface area contributed by atoms with Crippen LogP contribution in [0.5, 0.6) is 5.75 Å². The van der Waals surface area contributed by atoms with E-state index in [4.69, 9.17) is 10.5 Å². The number of para-hydroxylation sites is 4. The summed E-state index contributed by atoms with van der Waals surface area (Å²) in [5, 5.41) is 18.5. The summed E-state index contributed by atoms with van der Waals surface area (Å²) in [6.07, 6.45) is 1.79. The molecule has 0 bridgehead atoms. The summed E-state index contributed by atoms with van der Waals surface area (Å²) in [5.41, 5.74) is 8.23. The third-order valence-corrected chi connectivity index (χ3v) is 8.33. The largest absolute Gasteiger partial charge is 0.485 e. The first kappa shape index (κ1) is 35.7. The molecule has 48 heavy (non-hydrogen) atoms. The van der Waals surface area contributed by atoms with Crippen molar-refractivity contribution in [2.75, 3.05) is 48.4 Å². The van der Waals surface area contributed by atoms with Crippen molar-refractivity contribution in [2.24, 2.45) is 5.92 Å². The molecular weight excluding hydrogens is 612 g/mol. The number of likely N-dealkylation sites (N-methyl/N-ethyl adjacent to an activating group) is 1. The van der Waals surface area contributed by atoms with Crippen molar-refractivity contribution >= 4 is 46.5 Å². The molecule has 0 fully saturated rings. The zero-order chi connectivity index (χ0) is 34.6. The second kappa shape index (κ2) is 17.2. The minimum Gasteiger partial charge on any atom is -0.485 e. The molecule has 3 aromatic rings. The molecule has 0 radical (unpaired) electrons. The predicted octanol–water partition coefficient (Wildman–Crippen LogP) is 5.18. The third kappa shape index (κ3) is 9.71. The van der Waals surface area contributed by atoms with E-state index in [1.807, 2.05) is 25.1 Å². The van der Waals surface area contributed by atoms with Crippen molar-refractivity contribution < 1.29 is 29.0 Å². The number of urea groups is 1. The molecular formula is C36H46N6O6. The predicted molar refractivity (Wildman–Crippen MR) is 187 cm³/mol. The summed E-state index contributed by atoms with van der Waals surface area (Å²) >= 11 is 0. The standard InChI is InChI=1S/C36H46N6O6/c1-24-21-42(25(2)23-43)35(46)27-15-12-18-30(34(27)48-31(24)22-41(3)36(47)38-26-13-6-4-7-14-26)40-33(45)20-9-5-8-19-32(44)39-29-17-11-10-16-28(29)37/h4,6-7,10-18,24-25,31,43H,5,8-9,19-23,37H2,1-3H3,(H,38,47)(H,39,44)(H,40,45)/t24-,25+,31-/m0/s1. The number of fused-ring (bicyclic) bond motifs is 1. The highest BCUT2D eigenvalue weighted by molar-refractivity contribution is 6.01. The molecule has 0 spiro atoms. The van der Waals surface area contributed by atoms with E-state index in [0.717, 1.165) is 0 Å². The Morgan fingerprint density at radius 2 is 1.54 bits per heavy atom. The minimum absolute atomic E-state index is 0.140. The van der Waals surface area contributed by atoms with Crippen LogP contribution in [0.4, 0.5) is 27.5 Å². The number of nitrogens with two attached hydrogens (primary N) is 1. The van der Waals surface area contributed by atoms with Crippen molar-refractivity contribution in [1.29, 1.82) is 0 Å². The number of aliphatic hydroxyl groups excluding tert-OH is 1. The maximum absolute atomic E-state index is 13.8. The van der Waals surface area contributed by atoms with Crippen LogP contribution in [0.25, 0.3) is 0 Å². The number of nitrogens with zero attached hydrogens (tertiary/aromatic N) is 2. The summed E-state index contributed by atoms with van der Waals surface area (Å²) in [5.74, 6) is -0.733. The lowest BCUT2D eigenvalue weighted by Crippen LogP contribution is -2.50. The number of benzene rings is 3. The van der Waals surface area contributed by atoms with E-state index in [0.29, 0.717) is 55.0 Å². The van der Waals surface area contributed by atoms with E-state index in [1.54, 1.807) is 73.5 Å². The van der Waals surface area contributed by atoms with E-state index in [2.05, 4.69) is 16.0 Å². The molecule has 1 aliphatic heterocycles. The lowest BCUT2D eigenvalue weighted by atomic mass is 9.99. The normalized spacial score (nSPS) is 16.4. The number of hydrogen-bond acceptors (Lipinski definition) is 7. The number of unbranched alkanes of at least 4 members (excludes halogenated alkanes) is 2. The molecule has 0 aliphatic carbocycles. The minimum atomic E-state index is -0.549. The van der Waals surface area contributed by atoms with Gasteiger partial charge in [-0.2, -0.15) is 0 Å². The number of nitrogen functional groups attached to an aromatic ring is 1. The molecule has 256 valence electrons. The Bertz CT molecular complexity index is 1570. The maximum Gasteiger partial charge on any atom is 0.321 e. The number of ether oxygens (including phenoxy) is 1. The average molecular weight is 659 g/mol. The van der Waals surface area contributed by atoms with Gasteiger partial charge in [-0.05, 0) is 56.2 Å². The Labute approximate surface area is 281 Å². The van der Waals surface area contributed by atoms with Gasteiger partial charge in [0.25, 0.3) is 5.91 Å². The number of rotatable bonds is 13. The third-order valence-electron chi connectivity index (χ3n) is 8.33. The van der Waals surface area contributed by atoms with Crippen molar-refractivity contribution in [3.05, 3.63) is 78.4 Å². The lowest BCUT2D eigenvalue weighted by molar-refractivity contribution is -0.116. The first-order valence-electron chi connectivity index (χ1n) is 16.3. The summed E-state index contributed by atoms with van der Waals surface area (Å²) < 4.78 is 6.51. The number of nitrogens with one attached hydrogen (secondary N) is 3. The monoisotopic (exact) mass is 658 g/mol. The highest BCUT2D eigenvalue weighted by atomic mass is 16.5. The summed E-state index contributed by atoms with van der Waals surface area (Å²) in [6, 6.07) is 20.4. The smallest absolute Gasteiger partial charge is 0.321 e. The summed E-state index contributed by atoms with van der Waals surface area (Å²) in [4.78, 5) is 55.3. The van der Waals surface area contributed by atoms with Gasteiger partial charge in [-0.15, -0.1) is 0 Å². The fourth-order valence-electron chi connectivity index (χ4n) is 5.44. The van der Waals surface area contributed by atoms with Crippen LogP contribution in [0.3, 0.4) is 0 Å². The molecule has 0 saturated heterocycles. The fourth-order valence-corrected chi connectivity index (χ4v) is 5.44. The van der Waals surface area contributed by atoms with E-state index < -0.39 is 12.1 Å². The maximum atomic E-state index is 13.8. The van der Waals surface area contributed by atoms with E-state index in [-0.39, 0.29) is 60.6 Å². The SMILES string of the molecule is C[C@H](CO)N1C[C@H](C)[C@H](CN(C)C(=O)Nc2ccccc2)Oc2c(NC(=O)CCCCCC(=O)Nc3ccccc3N)cccc2C1=O. The van der Waals surface area contributed by atoms with Gasteiger partial charge in [-0.3, -0.25) is 14.4 Å². The first-order valence-corrected chi connectivity index (χ1v) is 16.3. The van der Waals surface area contributed by atoms with Crippen molar-refractivity contribution in [1.82, 2.24) is 9.80 Å². The molecule has 0 saturated carbocycles. The molecule has 4 rings (SSSR count). The molecule has 12 heteroatoms. The van der Waals surface area contributed by atoms with E-state index >= 15 is 0 Å². The van der Waals surface area contributed by atoms with Gasteiger partial charge in [0.1, 0.15) is 6.10 Å². The number of aliphatic hydroxyl groups is 1. The number of carbonyl (C=O) groups is 4. The van der Waals surface area contributed by atoms with Crippen LogP contribution in [0, 0.1) is 5.92 Å². The van der Waals surface area contributed by atoms with Gasteiger partial charge < -0.3 is 41.3 Å². The average Bonchev–Trinajstić information content (AvgIpc) is 3.07. The van der Waals surface area contributed by atoms with Crippen molar-refractivity contribution in [3.63, 3.8) is 0 Å². The lowest BCUT2D eigenvalue weighted by Gasteiger charge is -2.38. The summed E-state index contributed by atoms with van der Waals surface area (Å²) in [7, 11) is 1.67. The quantitative estimate of drug-likeness (QED) is 0.125. The van der Waals surface area contributed by atoms with Gasteiger partial charge in [0, 0.05) is 38.0 Å². The van der Waals surface area contributed by atoms with Gasteiger partial charge in [0.05, 0.1) is 41.8 Å². The first-order chi connectivity index (χ1) is 23.1. The van der Waals surface area contributed by atoms with Crippen LogP contribution in [-0.4, -0.2) is 77.5 Å². The van der Waals surface area contributed by atoms with Crippen LogP contribution in [0.15, 0.2) is 72.8 Å².